The second-order valence-electron chi connectivity index (χ2n) is 7.05. The summed E-state index contributed by atoms with van der Waals surface area (Å²) >= 11 is 0. The van der Waals surface area contributed by atoms with Gasteiger partial charge in [-0.1, -0.05) is 36.8 Å². The van der Waals surface area contributed by atoms with Crippen LogP contribution in [0.4, 0.5) is 5.69 Å². The Morgan fingerprint density at radius 2 is 1.79 bits per heavy atom. The fourth-order valence-corrected chi connectivity index (χ4v) is 3.55. The summed E-state index contributed by atoms with van der Waals surface area (Å²) in [7, 11) is -3.34. The van der Waals surface area contributed by atoms with Crippen molar-refractivity contribution in [1.82, 2.24) is 9.97 Å². The van der Waals surface area contributed by atoms with Gasteiger partial charge in [0.1, 0.15) is 0 Å². The van der Waals surface area contributed by atoms with Gasteiger partial charge in [0, 0.05) is 22.9 Å². The van der Waals surface area contributed by atoms with Crippen LogP contribution >= 0.6 is 0 Å². The number of hydrogen-bond donors (Lipinski definition) is 2. The number of aromatic nitrogens is 2. The van der Waals surface area contributed by atoms with Gasteiger partial charge in [-0.05, 0) is 37.6 Å². The van der Waals surface area contributed by atoms with E-state index in [1.807, 2.05) is 51.1 Å². The summed E-state index contributed by atoms with van der Waals surface area (Å²) in [4.78, 5) is 20.4. The summed E-state index contributed by atoms with van der Waals surface area (Å²) in [6, 6.07) is 12.9. The molecule has 3 aromatic rings. The smallest absolute Gasteiger partial charge is 0.229 e. The van der Waals surface area contributed by atoms with Crippen LogP contribution in [-0.4, -0.2) is 30.4 Å². The highest BCUT2D eigenvalue weighted by Gasteiger charge is 2.19. The molecule has 0 aliphatic heterocycles. The number of anilines is 1. The molecule has 0 aliphatic rings. The molecule has 1 atom stereocenters. The van der Waals surface area contributed by atoms with Crippen LogP contribution in [0, 0.1) is 13.8 Å². The van der Waals surface area contributed by atoms with Crippen LogP contribution in [0.1, 0.15) is 51.4 Å². The van der Waals surface area contributed by atoms with Crippen LogP contribution in [0.5, 0.6) is 0 Å². The minimum Gasteiger partial charge on any atom is -0.355 e. The first kappa shape index (κ1) is 19.8. The topological polar surface area (TPSA) is 91.9 Å². The summed E-state index contributed by atoms with van der Waals surface area (Å²) < 4.78 is 25.0. The Hall–Kier alpha value is -2.93. The molecule has 3 rings (SSSR count). The number of aromatic amines is 1. The van der Waals surface area contributed by atoms with E-state index in [0.29, 0.717) is 16.9 Å². The van der Waals surface area contributed by atoms with Crippen LogP contribution in [0.3, 0.4) is 0 Å². The van der Waals surface area contributed by atoms with Crippen molar-refractivity contribution in [3.63, 3.8) is 0 Å². The molecule has 0 saturated heterocycles. The molecule has 0 radical (unpaired) electrons. The molecule has 2 heterocycles. The third-order valence-electron chi connectivity index (χ3n) is 4.58. The molecule has 0 amide bonds. The van der Waals surface area contributed by atoms with Crippen molar-refractivity contribution in [3.05, 3.63) is 82.4 Å². The van der Waals surface area contributed by atoms with Crippen molar-refractivity contribution >= 4 is 21.5 Å². The zero-order valence-corrected chi connectivity index (χ0v) is 17.1. The first-order valence-electron chi connectivity index (χ1n) is 8.88. The van der Waals surface area contributed by atoms with Crippen molar-refractivity contribution < 1.29 is 13.2 Å². The van der Waals surface area contributed by atoms with Crippen LogP contribution in [0.25, 0.3) is 0 Å². The molecule has 28 heavy (non-hydrogen) atoms. The van der Waals surface area contributed by atoms with Crippen molar-refractivity contribution in [2.75, 3.05) is 11.0 Å². The number of hydrogen-bond acceptors (Lipinski definition) is 4. The average molecular weight is 398 g/mol. The van der Waals surface area contributed by atoms with Gasteiger partial charge in [0.2, 0.25) is 15.8 Å². The van der Waals surface area contributed by atoms with Crippen LogP contribution in [0.15, 0.2) is 48.7 Å². The monoisotopic (exact) mass is 397 g/mol. The molecule has 146 valence electrons. The van der Waals surface area contributed by atoms with Crippen LogP contribution in [-0.2, 0) is 10.0 Å². The SMILES string of the molecule is Cc1ccc(C(=O)c2[nH]c(C(C)c3ccc(NS(C)(=O)=O)cn3)cc2C)cc1. The van der Waals surface area contributed by atoms with Crippen molar-refractivity contribution in [2.45, 2.75) is 26.7 Å². The van der Waals surface area contributed by atoms with E-state index in [1.54, 1.807) is 12.1 Å². The molecule has 7 heteroatoms. The summed E-state index contributed by atoms with van der Waals surface area (Å²) in [5.74, 6) is -0.123. The van der Waals surface area contributed by atoms with Gasteiger partial charge in [0.05, 0.1) is 23.8 Å². The molecule has 0 fully saturated rings. The first-order chi connectivity index (χ1) is 13.1. The van der Waals surface area contributed by atoms with E-state index in [4.69, 9.17) is 0 Å². The van der Waals surface area contributed by atoms with E-state index in [0.717, 1.165) is 28.8 Å². The Bertz CT molecular complexity index is 1100. The van der Waals surface area contributed by atoms with Crippen molar-refractivity contribution in [3.8, 4) is 0 Å². The predicted octanol–water partition coefficient (Wildman–Crippen LogP) is 3.78. The van der Waals surface area contributed by atoms with Gasteiger partial charge in [0.15, 0.2) is 0 Å². The summed E-state index contributed by atoms with van der Waals surface area (Å²) in [6.07, 6.45) is 2.58. The number of benzene rings is 1. The van der Waals surface area contributed by atoms with Crippen LogP contribution in [0.2, 0.25) is 0 Å². The van der Waals surface area contributed by atoms with Gasteiger partial charge in [0.25, 0.3) is 0 Å². The summed E-state index contributed by atoms with van der Waals surface area (Å²) in [5, 5.41) is 0. The molecule has 6 nitrogen and oxygen atoms in total. The Morgan fingerprint density at radius 1 is 1.11 bits per heavy atom. The second kappa shape index (κ2) is 7.59. The van der Waals surface area contributed by atoms with E-state index in [-0.39, 0.29) is 11.7 Å². The number of carbonyl (C=O) groups excluding carboxylic acids is 1. The third-order valence-corrected chi connectivity index (χ3v) is 5.18. The highest BCUT2D eigenvalue weighted by molar-refractivity contribution is 7.92. The number of carbonyl (C=O) groups is 1. The third kappa shape index (κ3) is 4.48. The molecule has 1 unspecified atom stereocenters. The normalized spacial score (nSPS) is 12.6. The summed E-state index contributed by atoms with van der Waals surface area (Å²) in [6.45, 7) is 5.87. The van der Waals surface area contributed by atoms with Crippen LogP contribution < -0.4 is 4.72 Å². The van der Waals surface area contributed by atoms with Gasteiger partial charge in [-0.25, -0.2) is 8.42 Å². The van der Waals surface area contributed by atoms with E-state index in [9.17, 15) is 13.2 Å². The van der Waals surface area contributed by atoms with Crippen molar-refractivity contribution in [2.24, 2.45) is 0 Å². The molecular weight excluding hydrogens is 374 g/mol. The van der Waals surface area contributed by atoms with E-state index >= 15 is 0 Å². The zero-order valence-electron chi connectivity index (χ0n) is 16.3. The maximum absolute atomic E-state index is 12.8. The number of sulfonamides is 1. The lowest BCUT2D eigenvalue weighted by Gasteiger charge is -2.10. The van der Waals surface area contributed by atoms with Crippen molar-refractivity contribution in [1.29, 1.82) is 0 Å². The zero-order chi connectivity index (χ0) is 20.5. The predicted molar refractivity (Wildman–Crippen MR) is 110 cm³/mol. The molecule has 1 aromatic carbocycles. The number of nitrogens with one attached hydrogen (secondary N) is 2. The van der Waals surface area contributed by atoms with E-state index in [1.165, 1.54) is 6.20 Å². The number of H-pyrrole nitrogens is 1. The lowest BCUT2D eigenvalue weighted by molar-refractivity contribution is 0.103. The number of ketones is 1. The highest BCUT2D eigenvalue weighted by Crippen LogP contribution is 2.26. The molecule has 2 N–H and O–H groups in total. The molecular formula is C21H23N3O3S. The first-order valence-corrected chi connectivity index (χ1v) is 10.8. The van der Waals surface area contributed by atoms with E-state index < -0.39 is 10.0 Å². The highest BCUT2D eigenvalue weighted by atomic mass is 32.2. The van der Waals surface area contributed by atoms with E-state index in [2.05, 4.69) is 14.7 Å². The number of aryl methyl sites for hydroxylation is 2. The van der Waals surface area contributed by atoms with Gasteiger partial charge < -0.3 is 4.98 Å². The second-order valence-corrected chi connectivity index (χ2v) is 8.79. The van der Waals surface area contributed by atoms with Gasteiger partial charge >= 0.3 is 0 Å². The van der Waals surface area contributed by atoms with Gasteiger partial charge in [-0.2, -0.15) is 0 Å². The molecule has 0 bridgehead atoms. The lowest BCUT2D eigenvalue weighted by Crippen LogP contribution is -2.10. The Labute approximate surface area is 165 Å². The minimum absolute atomic E-state index is 0.0448. The van der Waals surface area contributed by atoms with Gasteiger partial charge in [-0.3, -0.25) is 14.5 Å². The number of rotatable bonds is 6. The number of pyridine rings is 1. The molecule has 0 aliphatic carbocycles. The lowest BCUT2D eigenvalue weighted by atomic mass is 10.0. The average Bonchev–Trinajstić information content (AvgIpc) is 3.02. The minimum atomic E-state index is -3.34. The maximum atomic E-state index is 12.8. The Morgan fingerprint density at radius 3 is 2.36 bits per heavy atom. The Balaban J connectivity index is 1.83. The Kier molecular flexibility index (Phi) is 5.38. The van der Waals surface area contributed by atoms with Gasteiger partial charge in [-0.15, -0.1) is 0 Å². The maximum Gasteiger partial charge on any atom is 0.229 e. The fourth-order valence-electron chi connectivity index (χ4n) is 3.00. The largest absolute Gasteiger partial charge is 0.355 e. The molecule has 2 aromatic heterocycles. The standard InChI is InChI=1S/C21H23N3O3S/c1-13-5-7-16(8-6-13)21(25)20-14(2)11-19(23-20)15(3)18-10-9-17(12-22-18)24-28(4,26)27/h5-12,15,23-24H,1-4H3. The molecule has 0 saturated carbocycles. The fraction of sp³-hybridized carbons (Fsp3) is 0.238. The quantitative estimate of drug-likeness (QED) is 0.619. The molecule has 0 spiro atoms. The summed E-state index contributed by atoms with van der Waals surface area (Å²) in [5.41, 5.74) is 5.26. The number of nitrogens with zero attached hydrogens (tertiary/aromatic N) is 1.